The largest absolute Gasteiger partial charge is 0.394 e. The van der Waals surface area contributed by atoms with Gasteiger partial charge in [0.15, 0.2) is 0 Å². The molecule has 0 radical (unpaired) electrons. The first-order valence-electron chi connectivity index (χ1n) is 15.6. The van der Waals surface area contributed by atoms with Crippen molar-refractivity contribution in [1.82, 2.24) is 15.5 Å². The van der Waals surface area contributed by atoms with E-state index < -0.39 is 34.2 Å². The molecule has 8 heteroatoms. The molecular weight excluding hydrogens is 558 g/mol. The van der Waals surface area contributed by atoms with Crippen molar-refractivity contribution in [3.63, 3.8) is 0 Å². The van der Waals surface area contributed by atoms with Gasteiger partial charge < -0.3 is 20.6 Å². The Labute approximate surface area is 260 Å². The number of rotatable bonds is 10. The van der Waals surface area contributed by atoms with E-state index in [1.54, 1.807) is 16.7 Å². The van der Waals surface area contributed by atoms with Gasteiger partial charge in [0.2, 0.25) is 17.7 Å². The van der Waals surface area contributed by atoms with Crippen LogP contribution in [-0.4, -0.2) is 62.0 Å². The molecule has 3 amide bonds. The van der Waals surface area contributed by atoms with Crippen LogP contribution in [0.5, 0.6) is 0 Å². The van der Waals surface area contributed by atoms with Crippen LogP contribution in [0, 0.1) is 23.2 Å². The van der Waals surface area contributed by atoms with Crippen molar-refractivity contribution < 1.29 is 19.5 Å². The molecule has 2 aromatic rings. The van der Waals surface area contributed by atoms with Gasteiger partial charge in [-0.15, -0.1) is 11.8 Å². The van der Waals surface area contributed by atoms with Gasteiger partial charge in [-0.25, -0.2) is 0 Å². The van der Waals surface area contributed by atoms with Crippen LogP contribution in [0.4, 0.5) is 0 Å². The number of carbonyl (C=O) groups is 3. The Morgan fingerprint density at radius 3 is 2.19 bits per heavy atom. The smallest absolute Gasteiger partial charge is 0.244 e. The summed E-state index contributed by atoms with van der Waals surface area (Å²) in [6, 6.07) is 18.2. The van der Waals surface area contributed by atoms with E-state index in [4.69, 9.17) is 0 Å². The third-order valence-electron chi connectivity index (χ3n) is 9.40. The summed E-state index contributed by atoms with van der Waals surface area (Å²) in [5.74, 6) is -1.62. The Bertz CT molecular complexity index is 1330. The topological polar surface area (TPSA) is 98.7 Å². The van der Waals surface area contributed by atoms with Crippen molar-refractivity contribution in [3.8, 4) is 0 Å². The average Bonchev–Trinajstić information content (AvgIpc) is 3.53. The second-order valence-corrected chi connectivity index (χ2v) is 16.2. The summed E-state index contributed by atoms with van der Waals surface area (Å²) in [6.45, 7) is 12.8. The molecule has 43 heavy (non-hydrogen) atoms. The van der Waals surface area contributed by atoms with Crippen LogP contribution in [-0.2, 0) is 27.3 Å². The number of hydrogen-bond donors (Lipinski definition) is 3. The number of nitrogens with one attached hydrogen (secondary N) is 2. The molecule has 7 atom stereocenters. The molecule has 3 heterocycles. The van der Waals surface area contributed by atoms with Gasteiger partial charge in [-0.05, 0) is 55.6 Å². The molecule has 3 fully saturated rings. The Balaban J connectivity index is 1.51. The average molecular weight is 606 g/mol. The second kappa shape index (κ2) is 11.9. The standard InChI is InChI=1S/C35H47N3O4S/c1-22-17-26-27(30(40)36-19-24-15-11-8-12-16-24)28-32(42)38(25(20-39)18-23-13-9-7-10-14-23)29(35(22,28)43-26)31(41)37-34(5,6)21-33(2,3)4/h7-16,22,25-29,39H,17-21H2,1-6H3,(H,36,40)(H,37,41)/t22?,25-,26-,27+,28+,29?,35?/m1/s1. The van der Waals surface area contributed by atoms with Gasteiger partial charge in [0, 0.05) is 17.3 Å². The Kier molecular flexibility index (Phi) is 8.76. The molecule has 7 nitrogen and oxygen atoms in total. The summed E-state index contributed by atoms with van der Waals surface area (Å²) in [7, 11) is 0. The molecule has 5 rings (SSSR count). The Morgan fingerprint density at radius 1 is 1.00 bits per heavy atom. The molecule has 3 saturated heterocycles. The van der Waals surface area contributed by atoms with E-state index in [0.29, 0.717) is 13.0 Å². The van der Waals surface area contributed by atoms with Gasteiger partial charge in [-0.1, -0.05) is 88.4 Å². The minimum absolute atomic E-state index is 0.0144. The predicted molar refractivity (Wildman–Crippen MR) is 171 cm³/mol. The van der Waals surface area contributed by atoms with E-state index >= 15 is 0 Å². The maximum absolute atomic E-state index is 14.6. The number of benzene rings is 2. The fourth-order valence-electron chi connectivity index (χ4n) is 8.26. The quantitative estimate of drug-likeness (QED) is 0.369. The maximum atomic E-state index is 14.6. The highest BCUT2D eigenvalue weighted by Crippen LogP contribution is 2.68. The summed E-state index contributed by atoms with van der Waals surface area (Å²) in [6.07, 6.45) is 1.95. The van der Waals surface area contributed by atoms with Crippen molar-refractivity contribution in [1.29, 1.82) is 0 Å². The number of nitrogens with zero attached hydrogens (tertiary/aromatic N) is 1. The molecule has 3 unspecified atom stereocenters. The monoisotopic (exact) mass is 605 g/mol. The SMILES string of the molecule is CC1C[C@H]2SC13C(C(=O)NC(C)(C)CC(C)(C)C)N([C@@H](CO)Cc1ccccc1)C(=O)[C@@H]3[C@H]2C(=O)NCc1ccccc1. The zero-order valence-electron chi connectivity index (χ0n) is 26.3. The fourth-order valence-corrected chi connectivity index (χ4v) is 10.7. The lowest BCUT2D eigenvalue weighted by atomic mass is 9.65. The molecule has 0 saturated carbocycles. The molecule has 3 aliphatic heterocycles. The lowest BCUT2D eigenvalue weighted by Gasteiger charge is -2.42. The minimum atomic E-state index is -0.790. The number of hydrogen-bond acceptors (Lipinski definition) is 5. The number of carbonyl (C=O) groups excluding carboxylic acids is 3. The molecule has 232 valence electrons. The summed E-state index contributed by atoms with van der Waals surface area (Å²) in [4.78, 5) is 44.7. The van der Waals surface area contributed by atoms with Crippen molar-refractivity contribution in [2.24, 2.45) is 23.2 Å². The van der Waals surface area contributed by atoms with E-state index in [2.05, 4.69) is 38.3 Å². The van der Waals surface area contributed by atoms with Gasteiger partial charge >= 0.3 is 0 Å². The van der Waals surface area contributed by atoms with Crippen LogP contribution in [0.15, 0.2) is 60.7 Å². The lowest BCUT2D eigenvalue weighted by Crippen LogP contribution is -2.61. The van der Waals surface area contributed by atoms with Crippen molar-refractivity contribution in [2.75, 3.05) is 6.61 Å². The first-order chi connectivity index (χ1) is 20.3. The molecule has 3 N–H and O–H groups in total. The van der Waals surface area contributed by atoms with E-state index in [1.165, 1.54) is 0 Å². The molecule has 2 bridgehead atoms. The van der Waals surface area contributed by atoms with Crippen molar-refractivity contribution in [2.45, 2.75) is 95.0 Å². The predicted octanol–water partition coefficient (Wildman–Crippen LogP) is 4.57. The van der Waals surface area contributed by atoms with E-state index in [-0.39, 0.29) is 40.9 Å². The lowest BCUT2D eigenvalue weighted by molar-refractivity contribution is -0.143. The van der Waals surface area contributed by atoms with Crippen LogP contribution < -0.4 is 10.6 Å². The third-order valence-corrected chi connectivity index (χ3v) is 11.5. The van der Waals surface area contributed by atoms with Crippen LogP contribution in [0.25, 0.3) is 0 Å². The van der Waals surface area contributed by atoms with Gasteiger partial charge in [0.05, 0.1) is 29.2 Å². The number of amides is 3. The third kappa shape index (κ3) is 6.10. The molecule has 1 spiro atoms. The first-order valence-corrected chi connectivity index (χ1v) is 16.4. The van der Waals surface area contributed by atoms with Crippen molar-refractivity contribution in [3.05, 3.63) is 71.8 Å². The van der Waals surface area contributed by atoms with Crippen LogP contribution >= 0.6 is 11.8 Å². The number of fused-ring (bicyclic) bond motifs is 1. The zero-order valence-corrected chi connectivity index (χ0v) is 27.1. The summed E-state index contributed by atoms with van der Waals surface area (Å²) in [5, 5.41) is 17.1. The van der Waals surface area contributed by atoms with Gasteiger partial charge in [0.25, 0.3) is 0 Å². The van der Waals surface area contributed by atoms with Gasteiger partial charge in [-0.3, -0.25) is 14.4 Å². The second-order valence-electron chi connectivity index (χ2n) is 14.6. The minimum Gasteiger partial charge on any atom is -0.394 e. The van der Waals surface area contributed by atoms with Gasteiger partial charge in [0.1, 0.15) is 6.04 Å². The summed E-state index contributed by atoms with van der Waals surface area (Å²) < 4.78 is -0.748. The number of aliphatic hydroxyl groups excluding tert-OH is 1. The molecule has 2 aromatic carbocycles. The summed E-state index contributed by atoms with van der Waals surface area (Å²) in [5.41, 5.74) is 1.46. The Morgan fingerprint density at radius 2 is 1.60 bits per heavy atom. The highest BCUT2D eigenvalue weighted by molar-refractivity contribution is 8.02. The van der Waals surface area contributed by atoms with Crippen LogP contribution in [0.3, 0.4) is 0 Å². The molecule has 3 aliphatic rings. The maximum Gasteiger partial charge on any atom is 0.244 e. The number of aliphatic hydroxyl groups is 1. The highest BCUT2D eigenvalue weighted by atomic mass is 32.2. The van der Waals surface area contributed by atoms with Crippen LogP contribution in [0.2, 0.25) is 0 Å². The highest BCUT2D eigenvalue weighted by Gasteiger charge is 2.76. The first kappa shape index (κ1) is 31.6. The van der Waals surface area contributed by atoms with Gasteiger partial charge in [-0.2, -0.15) is 0 Å². The molecule has 0 aromatic heterocycles. The Hall–Kier alpha value is -2.84. The van der Waals surface area contributed by atoms with E-state index in [0.717, 1.165) is 24.0 Å². The van der Waals surface area contributed by atoms with Crippen LogP contribution in [0.1, 0.15) is 65.5 Å². The molecule has 0 aliphatic carbocycles. The molecular formula is C35H47N3O4S. The van der Waals surface area contributed by atoms with Crippen molar-refractivity contribution >= 4 is 29.5 Å². The fraction of sp³-hybridized carbons (Fsp3) is 0.571. The van der Waals surface area contributed by atoms with E-state index in [9.17, 15) is 19.5 Å². The number of thioether (sulfide) groups is 1. The zero-order chi connectivity index (χ0) is 31.2. The van der Waals surface area contributed by atoms with E-state index in [1.807, 2.05) is 74.5 Å². The normalized spacial score (nSPS) is 29.0. The number of likely N-dealkylation sites (tertiary alicyclic amines) is 1. The summed E-state index contributed by atoms with van der Waals surface area (Å²) >= 11 is 1.67.